The molecular formula is C30H30O14. The van der Waals surface area contributed by atoms with Gasteiger partial charge in [-0.25, -0.2) is 0 Å². The molecule has 3 aromatic rings. The molecule has 2 heterocycles. The lowest BCUT2D eigenvalue weighted by molar-refractivity contribution is -0.288. The Morgan fingerprint density at radius 3 is 1.95 bits per heavy atom. The van der Waals surface area contributed by atoms with Crippen LogP contribution in [0.1, 0.15) is 27.7 Å². The second kappa shape index (κ2) is 13.9. The van der Waals surface area contributed by atoms with Crippen LogP contribution >= 0.6 is 0 Å². The minimum atomic E-state index is -1.46. The van der Waals surface area contributed by atoms with Gasteiger partial charge in [0.05, 0.1) is 12.5 Å². The minimum absolute atomic E-state index is 0.0593. The van der Waals surface area contributed by atoms with Crippen molar-refractivity contribution in [1.82, 2.24) is 0 Å². The fourth-order valence-corrected chi connectivity index (χ4v) is 4.42. The number of hydrogen-bond acceptors (Lipinski definition) is 14. The van der Waals surface area contributed by atoms with Gasteiger partial charge in [-0.2, -0.15) is 0 Å². The molecular weight excluding hydrogens is 584 g/mol. The summed E-state index contributed by atoms with van der Waals surface area (Å²) in [6, 6.07) is 10.9. The second-order valence-electron chi connectivity index (χ2n) is 9.55. The molecule has 1 aliphatic rings. The first-order valence-corrected chi connectivity index (χ1v) is 13.3. The molecule has 0 bridgehead atoms. The number of carbonyl (C=O) groups is 4. The second-order valence-corrected chi connectivity index (χ2v) is 9.55. The molecule has 14 nitrogen and oxygen atoms in total. The van der Waals surface area contributed by atoms with Crippen LogP contribution in [0.25, 0.3) is 11.0 Å². The average molecular weight is 615 g/mol. The van der Waals surface area contributed by atoms with Crippen LogP contribution in [-0.2, 0) is 42.9 Å². The smallest absolute Gasteiger partial charge is 0.303 e. The predicted molar refractivity (Wildman–Crippen MR) is 148 cm³/mol. The standard InChI is InChI=1S/C30H30O14/c1-15(31)37-14-25-27(39-16(2)32)28(40-17(3)33)29(41-18(4)34)30(44-25)43-21-10-11-22-23(12-21)38-13-24(26(22)35)42-20-8-6-19(36-5)7-9-20/h6-13,25,27-30H,14H2,1-5H3/t25-,27+,28+,29-,30-/m0/s1. The van der Waals surface area contributed by atoms with E-state index in [0.717, 1.165) is 27.0 Å². The Hall–Kier alpha value is -5.11. The number of rotatable bonds is 10. The summed E-state index contributed by atoms with van der Waals surface area (Å²) < 4.78 is 49.6. The summed E-state index contributed by atoms with van der Waals surface area (Å²) in [5.74, 6) is -1.92. The van der Waals surface area contributed by atoms with Gasteiger partial charge in [0, 0.05) is 33.8 Å². The number of benzene rings is 2. The van der Waals surface area contributed by atoms with Crippen molar-refractivity contribution in [2.75, 3.05) is 13.7 Å². The molecule has 0 aliphatic carbocycles. The van der Waals surface area contributed by atoms with Gasteiger partial charge < -0.3 is 42.3 Å². The first-order valence-electron chi connectivity index (χ1n) is 13.3. The molecule has 44 heavy (non-hydrogen) atoms. The van der Waals surface area contributed by atoms with Crippen molar-refractivity contribution in [1.29, 1.82) is 0 Å². The Morgan fingerprint density at radius 1 is 0.750 bits per heavy atom. The summed E-state index contributed by atoms with van der Waals surface area (Å²) in [5, 5.41) is 0.171. The van der Waals surface area contributed by atoms with Gasteiger partial charge in [0.2, 0.25) is 23.6 Å². The van der Waals surface area contributed by atoms with E-state index in [-0.39, 0.29) is 22.5 Å². The van der Waals surface area contributed by atoms with E-state index >= 15 is 0 Å². The van der Waals surface area contributed by atoms with E-state index in [1.165, 1.54) is 32.2 Å². The lowest BCUT2D eigenvalue weighted by Crippen LogP contribution is -2.63. The molecule has 0 spiro atoms. The molecule has 14 heteroatoms. The van der Waals surface area contributed by atoms with Gasteiger partial charge in [0.1, 0.15) is 41.8 Å². The van der Waals surface area contributed by atoms with Gasteiger partial charge in [-0.1, -0.05) is 0 Å². The van der Waals surface area contributed by atoms with Gasteiger partial charge >= 0.3 is 23.9 Å². The van der Waals surface area contributed by atoms with Crippen LogP contribution in [0, 0.1) is 0 Å². The number of hydrogen-bond donors (Lipinski definition) is 0. The summed E-state index contributed by atoms with van der Waals surface area (Å²) in [4.78, 5) is 60.7. The molecule has 0 amide bonds. The van der Waals surface area contributed by atoms with Gasteiger partial charge in [0.25, 0.3) is 0 Å². The van der Waals surface area contributed by atoms with Crippen molar-refractivity contribution in [3.8, 4) is 23.0 Å². The topological polar surface area (TPSA) is 172 Å². The van der Waals surface area contributed by atoms with E-state index in [1.807, 2.05) is 0 Å². The fraction of sp³-hybridized carbons (Fsp3) is 0.367. The first-order chi connectivity index (χ1) is 20.9. The summed E-state index contributed by atoms with van der Waals surface area (Å²) >= 11 is 0. The van der Waals surface area contributed by atoms with E-state index in [9.17, 15) is 24.0 Å². The van der Waals surface area contributed by atoms with Crippen LogP contribution in [0.2, 0.25) is 0 Å². The van der Waals surface area contributed by atoms with Gasteiger partial charge in [0.15, 0.2) is 12.2 Å². The maximum absolute atomic E-state index is 13.1. The number of methoxy groups -OCH3 is 1. The summed E-state index contributed by atoms with van der Waals surface area (Å²) in [7, 11) is 1.53. The highest BCUT2D eigenvalue weighted by Gasteiger charge is 2.53. The third-order valence-corrected chi connectivity index (χ3v) is 6.20. The highest BCUT2D eigenvalue weighted by molar-refractivity contribution is 5.79. The first kappa shape index (κ1) is 31.8. The monoisotopic (exact) mass is 614 g/mol. The molecule has 4 rings (SSSR count). The van der Waals surface area contributed by atoms with E-state index in [4.69, 9.17) is 42.3 Å². The Kier molecular flexibility index (Phi) is 10.1. The van der Waals surface area contributed by atoms with Crippen LogP contribution in [0.5, 0.6) is 23.0 Å². The maximum Gasteiger partial charge on any atom is 0.303 e. The molecule has 0 saturated carbocycles. The molecule has 1 aliphatic heterocycles. The SMILES string of the molecule is COc1ccc(Oc2coc3cc(O[C@H]4O[C@@H](COC(C)=O)[C@@H](OC(C)=O)[C@@H](OC(C)=O)[C@@H]4OC(C)=O)ccc3c2=O)cc1. The van der Waals surface area contributed by atoms with E-state index in [0.29, 0.717) is 11.5 Å². The van der Waals surface area contributed by atoms with Gasteiger partial charge in [-0.15, -0.1) is 0 Å². The normalized spacial score (nSPS) is 21.1. The van der Waals surface area contributed by atoms with Crippen LogP contribution in [-0.4, -0.2) is 68.3 Å². The Bertz CT molecular complexity index is 1580. The van der Waals surface area contributed by atoms with Crippen LogP contribution in [0.4, 0.5) is 0 Å². The highest BCUT2D eigenvalue weighted by atomic mass is 16.7. The zero-order chi connectivity index (χ0) is 32.0. The molecule has 5 atom stereocenters. The van der Waals surface area contributed by atoms with Crippen LogP contribution in [0.15, 0.2) is 57.9 Å². The Morgan fingerprint density at radius 2 is 1.34 bits per heavy atom. The number of ether oxygens (including phenoxy) is 8. The highest BCUT2D eigenvalue weighted by Crippen LogP contribution is 2.32. The number of fused-ring (bicyclic) bond motifs is 1. The largest absolute Gasteiger partial charge is 0.497 e. The fourth-order valence-electron chi connectivity index (χ4n) is 4.42. The molecule has 1 saturated heterocycles. The quantitative estimate of drug-likeness (QED) is 0.241. The van der Waals surface area contributed by atoms with Crippen molar-refractivity contribution in [3.05, 3.63) is 59.0 Å². The van der Waals surface area contributed by atoms with Crippen molar-refractivity contribution in [2.24, 2.45) is 0 Å². The molecule has 1 aromatic heterocycles. The average Bonchev–Trinajstić information content (AvgIpc) is 2.96. The predicted octanol–water partition coefficient (Wildman–Crippen LogP) is 3.06. The molecule has 2 aromatic carbocycles. The van der Waals surface area contributed by atoms with Gasteiger partial charge in [-0.05, 0) is 36.4 Å². The summed E-state index contributed by atoms with van der Waals surface area (Å²) in [6.07, 6.45) is -5.68. The third-order valence-electron chi connectivity index (χ3n) is 6.20. The molecule has 234 valence electrons. The Labute approximate surface area is 250 Å². The van der Waals surface area contributed by atoms with Crippen molar-refractivity contribution >= 4 is 34.8 Å². The number of esters is 4. The maximum atomic E-state index is 13.1. The Balaban J connectivity index is 1.65. The molecule has 0 radical (unpaired) electrons. The zero-order valence-corrected chi connectivity index (χ0v) is 24.4. The van der Waals surface area contributed by atoms with Gasteiger partial charge in [-0.3, -0.25) is 24.0 Å². The zero-order valence-electron chi connectivity index (χ0n) is 24.4. The molecule has 0 N–H and O–H groups in total. The van der Waals surface area contributed by atoms with Crippen LogP contribution in [0.3, 0.4) is 0 Å². The summed E-state index contributed by atoms with van der Waals surface area (Å²) in [6.45, 7) is 4.10. The van der Waals surface area contributed by atoms with Crippen molar-refractivity contribution < 1.29 is 61.5 Å². The lowest BCUT2D eigenvalue weighted by atomic mass is 9.98. The number of carbonyl (C=O) groups excluding carboxylic acids is 4. The van der Waals surface area contributed by atoms with Crippen molar-refractivity contribution in [3.63, 3.8) is 0 Å². The summed E-state index contributed by atoms with van der Waals surface area (Å²) in [5.41, 5.74) is -0.332. The third kappa shape index (κ3) is 7.83. The van der Waals surface area contributed by atoms with E-state index in [1.54, 1.807) is 24.3 Å². The minimum Gasteiger partial charge on any atom is -0.497 e. The molecule has 1 fully saturated rings. The van der Waals surface area contributed by atoms with Crippen molar-refractivity contribution in [2.45, 2.75) is 58.4 Å². The van der Waals surface area contributed by atoms with E-state index < -0.39 is 66.6 Å². The lowest BCUT2D eigenvalue weighted by Gasteiger charge is -2.43. The van der Waals surface area contributed by atoms with Crippen LogP contribution < -0.4 is 19.6 Å². The van der Waals surface area contributed by atoms with E-state index in [2.05, 4.69) is 0 Å². The molecule has 0 unspecified atom stereocenters.